The smallest absolute Gasteiger partial charge is 0.186 e. The Morgan fingerprint density at radius 1 is 1.32 bits per heavy atom. The lowest BCUT2D eigenvalue weighted by atomic mass is 9.96. The van der Waals surface area contributed by atoms with E-state index in [0.717, 1.165) is 24.0 Å². The minimum atomic E-state index is -0.364. The van der Waals surface area contributed by atoms with Gasteiger partial charge in [-0.15, -0.1) is 0 Å². The third-order valence-electron chi connectivity index (χ3n) is 3.50. The highest BCUT2D eigenvalue weighted by Crippen LogP contribution is 2.18. The number of anilines is 1. The predicted molar refractivity (Wildman–Crippen MR) is 74.9 cm³/mol. The van der Waals surface area contributed by atoms with Crippen LogP contribution in [0.5, 0.6) is 0 Å². The van der Waals surface area contributed by atoms with E-state index in [9.17, 15) is 5.11 Å². The summed E-state index contributed by atoms with van der Waals surface area (Å²) in [5, 5.41) is 18.4. The summed E-state index contributed by atoms with van der Waals surface area (Å²) >= 11 is 0. The van der Waals surface area contributed by atoms with E-state index >= 15 is 0 Å². The van der Waals surface area contributed by atoms with Crippen LogP contribution >= 0.6 is 0 Å². The highest BCUT2D eigenvalue weighted by molar-refractivity contribution is 5.85. The van der Waals surface area contributed by atoms with E-state index in [1.807, 2.05) is 13.2 Å². The fraction of sp³-hybridized carbons (Fsp3) is 0.615. The number of aliphatic hydroxyl groups is 1. The molecule has 0 bridgehead atoms. The lowest BCUT2D eigenvalue weighted by Gasteiger charge is -2.20. The van der Waals surface area contributed by atoms with Crippen molar-refractivity contribution in [3.63, 3.8) is 0 Å². The number of hydrogen-bond acceptors (Lipinski definition) is 5. The molecule has 0 radical (unpaired) electrons. The van der Waals surface area contributed by atoms with E-state index < -0.39 is 0 Å². The molecule has 1 unspecified atom stereocenters. The van der Waals surface area contributed by atoms with Gasteiger partial charge in [-0.3, -0.25) is 4.68 Å². The van der Waals surface area contributed by atoms with Crippen molar-refractivity contribution in [1.82, 2.24) is 19.7 Å². The quantitative estimate of drug-likeness (QED) is 0.827. The SMILES string of the molecule is CCC(CC)C(O)CNc1ncnc2nn(C)cc12. The monoisotopic (exact) mass is 263 g/mol. The molecular formula is C13H21N5O. The first-order valence-electron chi connectivity index (χ1n) is 6.72. The zero-order chi connectivity index (χ0) is 13.8. The van der Waals surface area contributed by atoms with E-state index in [-0.39, 0.29) is 6.10 Å². The molecule has 0 aliphatic heterocycles. The Balaban J connectivity index is 2.09. The van der Waals surface area contributed by atoms with E-state index in [1.165, 1.54) is 6.33 Å². The van der Waals surface area contributed by atoms with Gasteiger partial charge in [0.25, 0.3) is 0 Å². The minimum absolute atomic E-state index is 0.318. The van der Waals surface area contributed by atoms with Crippen molar-refractivity contribution in [3.05, 3.63) is 12.5 Å². The highest BCUT2D eigenvalue weighted by Gasteiger charge is 2.16. The maximum Gasteiger partial charge on any atom is 0.186 e. The molecule has 0 saturated heterocycles. The Labute approximate surface area is 112 Å². The molecule has 0 spiro atoms. The molecule has 2 aromatic heterocycles. The average molecular weight is 263 g/mol. The molecule has 19 heavy (non-hydrogen) atoms. The molecule has 0 saturated carbocycles. The fourth-order valence-electron chi connectivity index (χ4n) is 2.29. The van der Waals surface area contributed by atoms with E-state index in [4.69, 9.17) is 0 Å². The van der Waals surface area contributed by atoms with Crippen LogP contribution in [0.1, 0.15) is 26.7 Å². The van der Waals surface area contributed by atoms with Gasteiger partial charge < -0.3 is 10.4 Å². The highest BCUT2D eigenvalue weighted by atomic mass is 16.3. The maximum atomic E-state index is 10.1. The second-order valence-electron chi connectivity index (χ2n) is 4.79. The lowest BCUT2D eigenvalue weighted by molar-refractivity contribution is 0.114. The molecule has 0 aliphatic rings. The van der Waals surface area contributed by atoms with Crippen molar-refractivity contribution in [2.45, 2.75) is 32.8 Å². The van der Waals surface area contributed by atoms with Crippen molar-refractivity contribution in [2.24, 2.45) is 13.0 Å². The summed E-state index contributed by atoms with van der Waals surface area (Å²) in [6.07, 6.45) is 4.95. The van der Waals surface area contributed by atoms with Crippen molar-refractivity contribution in [3.8, 4) is 0 Å². The number of nitrogens with one attached hydrogen (secondary N) is 1. The van der Waals surface area contributed by atoms with Gasteiger partial charge in [0.2, 0.25) is 0 Å². The molecule has 2 heterocycles. The molecule has 2 N–H and O–H groups in total. The number of aryl methyl sites for hydroxylation is 1. The van der Waals surface area contributed by atoms with Crippen molar-refractivity contribution in [1.29, 1.82) is 0 Å². The third kappa shape index (κ3) is 3.01. The van der Waals surface area contributed by atoms with Crippen LogP contribution in [0.2, 0.25) is 0 Å². The Morgan fingerprint density at radius 3 is 2.74 bits per heavy atom. The largest absolute Gasteiger partial charge is 0.391 e. The number of aliphatic hydroxyl groups excluding tert-OH is 1. The molecule has 6 nitrogen and oxygen atoms in total. The van der Waals surface area contributed by atoms with Crippen LogP contribution in [0, 0.1) is 5.92 Å². The summed E-state index contributed by atoms with van der Waals surface area (Å²) in [4.78, 5) is 8.33. The van der Waals surface area contributed by atoms with Crippen molar-refractivity contribution in [2.75, 3.05) is 11.9 Å². The van der Waals surface area contributed by atoms with Gasteiger partial charge in [-0.25, -0.2) is 9.97 Å². The number of fused-ring (bicyclic) bond motifs is 1. The summed E-state index contributed by atoms with van der Waals surface area (Å²) in [6, 6.07) is 0. The van der Waals surface area contributed by atoms with E-state index in [0.29, 0.717) is 18.1 Å². The van der Waals surface area contributed by atoms with Gasteiger partial charge in [-0.1, -0.05) is 26.7 Å². The average Bonchev–Trinajstić information content (AvgIpc) is 2.78. The van der Waals surface area contributed by atoms with Crippen LogP contribution in [0.15, 0.2) is 12.5 Å². The Morgan fingerprint density at radius 2 is 2.05 bits per heavy atom. The van der Waals surface area contributed by atoms with Crippen LogP contribution in [0.25, 0.3) is 11.0 Å². The van der Waals surface area contributed by atoms with Crippen LogP contribution < -0.4 is 5.32 Å². The molecule has 6 heteroatoms. The number of aromatic nitrogens is 4. The van der Waals surface area contributed by atoms with Crippen LogP contribution in [0.4, 0.5) is 5.82 Å². The second-order valence-corrected chi connectivity index (χ2v) is 4.79. The van der Waals surface area contributed by atoms with Gasteiger partial charge in [0.15, 0.2) is 5.65 Å². The first kappa shape index (κ1) is 13.7. The summed E-state index contributed by atoms with van der Waals surface area (Å²) < 4.78 is 1.71. The molecule has 2 aromatic rings. The fourth-order valence-corrected chi connectivity index (χ4v) is 2.29. The van der Waals surface area contributed by atoms with Crippen molar-refractivity contribution < 1.29 is 5.11 Å². The Kier molecular flexibility index (Phi) is 4.31. The van der Waals surface area contributed by atoms with E-state index in [2.05, 4.69) is 34.2 Å². The molecule has 0 aliphatic carbocycles. The predicted octanol–water partition coefficient (Wildman–Crippen LogP) is 1.57. The molecule has 1 atom stereocenters. The molecule has 0 amide bonds. The standard InChI is InChI=1S/C13H21N5O/c1-4-9(5-2)11(19)6-14-12-10-7-18(3)17-13(10)16-8-15-12/h7-9,11,19H,4-6H2,1-3H3,(H,14,15,16,17). The van der Waals surface area contributed by atoms with Crippen LogP contribution in [-0.2, 0) is 7.05 Å². The van der Waals surface area contributed by atoms with Gasteiger partial charge in [-0.2, -0.15) is 5.10 Å². The summed E-state index contributed by atoms with van der Waals surface area (Å²) in [7, 11) is 1.85. The van der Waals surface area contributed by atoms with E-state index in [1.54, 1.807) is 4.68 Å². The molecule has 104 valence electrons. The zero-order valence-electron chi connectivity index (χ0n) is 11.7. The molecule has 0 fully saturated rings. The molecule has 0 aromatic carbocycles. The normalized spacial score (nSPS) is 13.1. The Hall–Kier alpha value is -1.69. The van der Waals surface area contributed by atoms with Gasteiger partial charge in [0, 0.05) is 19.8 Å². The topological polar surface area (TPSA) is 75.9 Å². The summed E-state index contributed by atoms with van der Waals surface area (Å²) in [5.41, 5.74) is 0.664. The summed E-state index contributed by atoms with van der Waals surface area (Å²) in [6.45, 7) is 4.69. The van der Waals surface area contributed by atoms with Crippen LogP contribution in [-0.4, -0.2) is 37.5 Å². The van der Waals surface area contributed by atoms with Gasteiger partial charge in [0.1, 0.15) is 12.1 Å². The van der Waals surface area contributed by atoms with Crippen LogP contribution in [0.3, 0.4) is 0 Å². The number of hydrogen-bond donors (Lipinski definition) is 2. The van der Waals surface area contributed by atoms with Crippen molar-refractivity contribution >= 4 is 16.9 Å². The third-order valence-corrected chi connectivity index (χ3v) is 3.50. The van der Waals surface area contributed by atoms with Gasteiger partial charge >= 0.3 is 0 Å². The van der Waals surface area contributed by atoms with Gasteiger partial charge in [0.05, 0.1) is 11.5 Å². The van der Waals surface area contributed by atoms with Gasteiger partial charge in [-0.05, 0) is 5.92 Å². The number of nitrogens with zero attached hydrogens (tertiary/aromatic N) is 4. The first-order chi connectivity index (χ1) is 9.15. The first-order valence-corrected chi connectivity index (χ1v) is 6.72. The minimum Gasteiger partial charge on any atom is -0.391 e. The zero-order valence-corrected chi connectivity index (χ0v) is 11.7. The Bertz CT molecular complexity index is 535. The molecular weight excluding hydrogens is 242 g/mol. The summed E-state index contributed by atoms with van der Waals surface area (Å²) in [5.74, 6) is 1.04. The second kappa shape index (κ2) is 5.97. The number of rotatable bonds is 6. The lowest BCUT2D eigenvalue weighted by Crippen LogP contribution is -2.28. The molecule has 2 rings (SSSR count). The maximum absolute atomic E-state index is 10.1.